The highest BCUT2D eigenvalue weighted by molar-refractivity contribution is 5.92. The molecule has 0 aliphatic carbocycles. The van der Waals surface area contributed by atoms with Crippen LogP contribution in [0.3, 0.4) is 0 Å². The second-order valence-corrected chi connectivity index (χ2v) is 8.97. The Morgan fingerprint density at radius 3 is 2.25 bits per heavy atom. The van der Waals surface area contributed by atoms with Crippen LogP contribution >= 0.6 is 0 Å². The van der Waals surface area contributed by atoms with Crippen molar-refractivity contribution in [3.8, 4) is 0 Å². The second-order valence-electron chi connectivity index (χ2n) is 8.97. The molecular formula is C21H33N5O2. The van der Waals surface area contributed by atoms with Gasteiger partial charge in [0.05, 0.1) is 6.04 Å². The van der Waals surface area contributed by atoms with Crippen molar-refractivity contribution in [3.63, 3.8) is 0 Å². The van der Waals surface area contributed by atoms with Crippen LogP contribution in [0.25, 0.3) is 0 Å². The maximum Gasteiger partial charge on any atom is 0.274 e. The minimum atomic E-state index is -0.0336. The SMILES string of the molecule is Cc1cc(C(=O)N2CCC3(CCCN(C)C3C(=O)N3CCCC3)CC2)nn1C. The van der Waals surface area contributed by atoms with Gasteiger partial charge >= 0.3 is 0 Å². The zero-order valence-electron chi connectivity index (χ0n) is 17.5. The molecule has 0 N–H and O–H groups in total. The van der Waals surface area contributed by atoms with E-state index in [0.29, 0.717) is 24.7 Å². The molecule has 3 aliphatic rings. The van der Waals surface area contributed by atoms with E-state index in [1.165, 1.54) is 0 Å². The molecule has 0 radical (unpaired) electrons. The molecule has 3 saturated heterocycles. The topological polar surface area (TPSA) is 61.7 Å². The smallest absolute Gasteiger partial charge is 0.274 e. The van der Waals surface area contributed by atoms with Gasteiger partial charge in [0.15, 0.2) is 5.69 Å². The number of nitrogens with zero attached hydrogens (tertiary/aromatic N) is 5. The minimum Gasteiger partial charge on any atom is -0.341 e. The van der Waals surface area contributed by atoms with Crippen molar-refractivity contribution < 1.29 is 9.59 Å². The van der Waals surface area contributed by atoms with E-state index in [4.69, 9.17) is 0 Å². The van der Waals surface area contributed by atoms with Crippen molar-refractivity contribution in [1.29, 1.82) is 0 Å². The summed E-state index contributed by atoms with van der Waals surface area (Å²) in [5.74, 6) is 0.338. The molecule has 0 bridgehead atoms. The van der Waals surface area contributed by atoms with E-state index in [2.05, 4.69) is 21.9 Å². The van der Waals surface area contributed by atoms with Crippen LogP contribution in [0.5, 0.6) is 0 Å². The molecule has 2 amide bonds. The fourth-order valence-electron chi connectivity index (χ4n) is 5.48. The third kappa shape index (κ3) is 3.34. The Bertz CT molecular complexity index is 724. The average Bonchev–Trinajstić information content (AvgIpc) is 3.32. The standard InChI is InChI=1S/C21H33N5O2/c1-16-15-17(22-24(16)3)19(27)26-13-8-21(9-14-26)7-6-10-23(2)18(21)20(28)25-11-4-5-12-25/h15,18H,4-14H2,1-3H3. The number of rotatable bonds is 2. The summed E-state index contributed by atoms with van der Waals surface area (Å²) in [7, 11) is 3.97. The maximum absolute atomic E-state index is 13.4. The lowest BCUT2D eigenvalue weighted by atomic mass is 9.66. The molecule has 1 atom stereocenters. The Morgan fingerprint density at radius 1 is 0.964 bits per heavy atom. The predicted molar refractivity (Wildman–Crippen MR) is 107 cm³/mol. The predicted octanol–water partition coefficient (Wildman–Crippen LogP) is 1.67. The largest absolute Gasteiger partial charge is 0.341 e. The van der Waals surface area contributed by atoms with Gasteiger partial charge in [0.1, 0.15) is 0 Å². The number of amides is 2. The van der Waals surface area contributed by atoms with Crippen molar-refractivity contribution in [2.45, 2.75) is 51.5 Å². The molecule has 28 heavy (non-hydrogen) atoms. The van der Waals surface area contributed by atoms with Gasteiger partial charge in [0.2, 0.25) is 5.91 Å². The molecule has 1 aromatic heterocycles. The van der Waals surface area contributed by atoms with E-state index in [-0.39, 0.29) is 17.4 Å². The summed E-state index contributed by atoms with van der Waals surface area (Å²) in [5.41, 5.74) is 1.52. The lowest BCUT2D eigenvalue weighted by molar-refractivity contribution is -0.145. The first-order chi connectivity index (χ1) is 13.4. The summed E-state index contributed by atoms with van der Waals surface area (Å²) in [5, 5.41) is 4.35. The first kappa shape index (κ1) is 19.4. The molecule has 1 unspecified atom stereocenters. The van der Waals surface area contributed by atoms with Crippen molar-refractivity contribution in [2.75, 3.05) is 39.8 Å². The van der Waals surface area contributed by atoms with Crippen molar-refractivity contribution in [1.82, 2.24) is 24.5 Å². The number of hydrogen-bond acceptors (Lipinski definition) is 4. The van der Waals surface area contributed by atoms with Gasteiger partial charge in [-0.25, -0.2) is 0 Å². The first-order valence-electron chi connectivity index (χ1n) is 10.7. The molecule has 4 heterocycles. The first-order valence-corrected chi connectivity index (χ1v) is 10.7. The van der Waals surface area contributed by atoms with E-state index in [9.17, 15) is 9.59 Å². The summed E-state index contributed by atoms with van der Waals surface area (Å²) in [6, 6.07) is 1.83. The number of likely N-dealkylation sites (tertiary alicyclic amines) is 3. The molecule has 0 saturated carbocycles. The molecule has 3 aliphatic heterocycles. The zero-order valence-corrected chi connectivity index (χ0v) is 17.5. The molecule has 4 rings (SSSR count). The number of aryl methyl sites for hydroxylation is 2. The van der Waals surface area contributed by atoms with Crippen LogP contribution < -0.4 is 0 Å². The van der Waals surface area contributed by atoms with Crippen LogP contribution in [0.2, 0.25) is 0 Å². The Hall–Kier alpha value is -1.89. The zero-order chi connectivity index (χ0) is 19.9. The highest BCUT2D eigenvalue weighted by Gasteiger charge is 2.50. The van der Waals surface area contributed by atoms with Gasteiger partial charge in [-0.15, -0.1) is 0 Å². The van der Waals surface area contributed by atoms with Gasteiger partial charge < -0.3 is 9.80 Å². The van der Waals surface area contributed by atoms with E-state index in [0.717, 1.165) is 63.9 Å². The number of piperidine rings is 2. The Labute approximate surface area is 167 Å². The Balaban J connectivity index is 1.48. The highest BCUT2D eigenvalue weighted by atomic mass is 16.2. The van der Waals surface area contributed by atoms with Gasteiger partial charge in [-0.05, 0) is 70.5 Å². The normalized spacial score (nSPS) is 25.5. The lowest BCUT2D eigenvalue weighted by Crippen LogP contribution is -2.61. The third-order valence-electron chi connectivity index (χ3n) is 7.24. The van der Waals surface area contributed by atoms with Crippen LogP contribution in [0.4, 0.5) is 0 Å². The van der Waals surface area contributed by atoms with Crippen molar-refractivity contribution in [2.24, 2.45) is 12.5 Å². The highest BCUT2D eigenvalue weighted by Crippen LogP contribution is 2.45. The summed E-state index contributed by atoms with van der Waals surface area (Å²) in [6.07, 6.45) is 6.28. The van der Waals surface area contributed by atoms with Crippen LogP contribution in [0, 0.1) is 12.3 Å². The van der Waals surface area contributed by atoms with Crippen molar-refractivity contribution in [3.05, 3.63) is 17.5 Å². The van der Waals surface area contributed by atoms with E-state index < -0.39 is 0 Å². The molecule has 1 aromatic rings. The summed E-state index contributed by atoms with van der Waals surface area (Å²) in [4.78, 5) is 32.5. The molecule has 1 spiro atoms. The van der Waals surface area contributed by atoms with E-state index in [1.807, 2.05) is 24.9 Å². The third-order valence-corrected chi connectivity index (χ3v) is 7.24. The van der Waals surface area contributed by atoms with E-state index >= 15 is 0 Å². The van der Waals surface area contributed by atoms with Gasteiger partial charge in [-0.2, -0.15) is 5.10 Å². The maximum atomic E-state index is 13.4. The second kappa shape index (κ2) is 7.50. The molecule has 154 valence electrons. The fraction of sp³-hybridized carbons (Fsp3) is 0.762. The molecular weight excluding hydrogens is 354 g/mol. The summed E-state index contributed by atoms with van der Waals surface area (Å²) < 4.78 is 1.75. The van der Waals surface area contributed by atoms with Crippen molar-refractivity contribution >= 4 is 11.8 Å². The molecule has 7 heteroatoms. The van der Waals surface area contributed by atoms with Gasteiger partial charge in [0.25, 0.3) is 5.91 Å². The van der Waals surface area contributed by atoms with Gasteiger partial charge in [-0.3, -0.25) is 19.2 Å². The van der Waals surface area contributed by atoms with Crippen LogP contribution in [-0.4, -0.2) is 82.1 Å². The lowest BCUT2D eigenvalue weighted by Gasteiger charge is -2.52. The quantitative estimate of drug-likeness (QED) is 0.774. The molecule has 7 nitrogen and oxygen atoms in total. The minimum absolute atomic E-state index is 0.00346. The Morgan fingerprint density at radius 2 is 1.64 bits per heavy atom. The summed E-state index contributed by atoms with van der Waals surface area (Å²) >= 11 is 0. The van der Waals surface area contributed by atoms with Gasteiger partial charge in [0, 0.05) is 38.9 Å². The fourth-order valence-corrected chi connectivity index (χ4v) is 5.48. The van der Waals surface area contributed by atoms with E-state index in [1.54, 1.807) is 4.68 Å². The Kier molecular flexibility index (Phi) is 5.21. The number of likely N-dealkylation sites (N-methyl/N-ethyl adjacent to an activating group) is 1. The van der Waals surface area contributed by atoms with Crippen LogP contribution in [0.15, 0.2) is 6.07 Å². The van der Waals surface area contributed by atoms with Crippen LogP contribution in [-0.2, 0) is 11.8 Å². The number of carbonyl (C=O) groups is 2. The number of hydrogen-bond donors (Lipinski definition) is 0. The molecule has 3 fully saturated rings. The monoisotopic (exact) mass is 387 g/mol. The summed E-state index contributed by atoms with van der Waals surface area (Å²) in [6.45, 7) is 6.19. The number of aromatic nitrogens is 2. The van der Waals surface area contributed by atoms with Gasteiger partial charge in [-0.1, -0.05) is 0 Å². The number of carbonyl (C=O) groups excluding carboxylic acids is 2. The molecule has 0 aromatic carbocycles. The average molecular weight is 388 g/mol. The van der Waals surface area contributed by atoms with Crippen LogP contribution in [0.1, 0.15) is 54.7 Å².